The minimum Gasteiger partial charge on any atom is -0.393 e. The molecule has 4 rings (SSSR count). The molecule has 0 aromatic heterocycles. The number of hydrogen-bond donors (Lipinski definition) is 1. The second kappa shape index (κ2) is 7.60. The summed E-state index contributed by atoms with van der Waals surface area (Å²) in [5.41, 5.74) is -5.72. The Labute approximate surface area is 192 Å². The van der Waals surface area contributed by atoms with Gasteiger partial charge in [-0.05, 0) is 96.7 Å². The first-order valence-electron chi connectivity index (χ1n) is 17.4. The van der Waals surface area contributed by atoms with Crippen molar-refractivity contribution in [2.75, 3.05) is 0 Å². The molecule has 0 spiro atoms. The maximum atomic E-state index is 10.5. The number of rotatable bonds is 5. The molecular formula is C27H44O. The van der Waals surface area contributed by atoms with E-state index >= 15 is 0 Å². The lowest BCUT2D eigenvalue weighted by molar-refractivity contribution is 0.0225. The van der Waals surface area contributed by atoms with Crippen LogP contribution in [0.1, 0.15) is 123 Å². The Morgan fingerprint density at radius 2 is 2.04 bits per heavy atom. The van der Waals surface area contributed by atoms with Crippen LogP contribution in [0.4, 0.5) is 0 Å². The highest BCUT2D eigenvalue weighted by Gasteiger charge is 2.52. The highest BCUT2D eigenvalue weighted by atomic mass is 16.3. The van der Waals surface area contributed by atoms with E-state index in [-0.39, 0.29) is 12.8 Å². The summed E-state index contributed by atoms with van der Waals surface area (Å²) >= 11 is 0. The van der Waals surface area contributed by atoms with Gasteiger partial charge < -0.3 is 5.11 Å². The van der Waals surface area contributed by atoms with E-state index in [0.717, 1.165) is 6.42 Å². The number of fused-ring (bicyclic) bond motifs is 4. The average molecular weight is 398 g/mol. The van der Waals surface area contributed by atoms with Crippen molar-refractivity contribution in [3.63, 3.8) is 0 Å². The summed E-state index contributed by atoms with van der Waals surface area (Å²) in [5.74, 6) is -5.35. The Balaban J connectivity index is 2.14. The number of allylic oxidation sites excluding steroid dienone is 4. The second-order valence-electron chi connectivity index (χ2n) is 9.85. The summed E-state index contributed by atoms with van der Waals surface area (Å²) < 4.78 is 120. The molecule has 0 aliphatic heterocycles. The van der Waals surface area contributed by atoms with E-state index in [9.17, 15) is 13.3 Å². The van der Waals surface area contributed by atoms with Crippen molar-refractivity contribution in [1.82, 2.24) is 0 Å². The van der Waals surface area contributed by atoms with Gasteiger partial charge in [0.15, 0.2) is 0 Å². The fraction of sp³-hybridized carbons (Fsp3) is 0.852. The minimum absolute atomic E-state index is 0.0617. The molecule has 0 saturated heterocycles. The van der Waals surface area contributed by atoms with Crippen LogP contribution in [0.3, 0.4) is 0 Å². The Morgan fingerprint density at radius 3 is 2.79 bits per heavy atom. The molecule has 1 fully saturated rings. The third-order valence-corrected chi connectivity index (χ3v) is 7.18. The second-order valence-corrected chi connectivity index (χ2v) is 9.85. The first-order chi connectivity index (χ1) is 18.2. The van der Waals surface area contributed by atoms with Crippen LogP contribution in [0.5, 0.6) is 0 Å². The molecule has 6 atom stereocenters. The number of aliphatic hydroxyl groups is 1. The zero-order chi connectivity index (χ0) is 31.8. The van der Waals surface area contributed by atoms with Gasteiger partial charge in [-0.1, -0.05) is 65.5 Å². The van der Waals surface area contributed by atoms with Gasteiger partial charge in [0.05, 0.1) is 7.47 Å². The van der Waals surface area contributed by atoms with Crippen LogP contribution in [0, 0.1) is 34.5 Å². The fourth-order valence-corrected chi connectivity index (χ4v) is 5.24. The van der Waals surface area contributed by atoms with E-state index in [1.54, 1.807) is 6.92 Å². The average Bonchev–Trinajstić information content (AvgIpc) is 2.94. The summed E-state index contributed by atoms with van der Waals surface area (Å²) in [6, 6.07) is -0.825. The Bertz CT molecular complexity index is 1190. The molecule has 0 unspecified atom stereocenters. The standard InChI is InChI=1S/C27H44O/c1-18(2)7-6-8-19(3)23-11-12-24-22-10-9-20-17-21(28)13-15-26(20,4)25(22)14-16-27(23,24)5/h12,18-21,23,28H,6-11,13-17H2,1-5H3/t19-,20+,21+,23-,26+,27-/m1/s1/i9D2,10D2,11D2,12D,14D2,16D2,20D,23D. The van der Waals surface area contributed by atoms with E-state index < -0.39 is 95.7 Å². The van der Waals surface area contributed by atoms with Crippen molar-refractivity contribution in [2.45, 2.75) is 111 Å². The molecule has 1 saturated carbocycles. The summed E-state index contributed by atoms with van der Waals surface area (Å²) in [5, 5.41) is 10.5. The minimum atomic E-state index is -3.16. The molecule has 0 aromatic carbocycles. The Kier molecular flexibility index (Phi) is 2.76. The molecule has 4 aliphatic rings. The molecule has 0 bridgehead atoms. The highest BCUT2D eigenvalue weighted by Crippen LogP contribution is 2.64. The van der Waals surface area contributed by atoms with E-state index in [4.69, 9.17) is 9.60 Å². The lowest BCUT2D eigenvalue weighted by atomic mass is 9.51. The largest absolute Gasteiger partial charge is 0.393 e. The van der Waals surface area contributed by atoms with Crippen molar-refractivity contribution in [3.8, 4) is 0 Å². The van der Waals surface area contributed by atoms with E-state index in [2.05, 4.69) is 0 Å². The first kappa shape index (κ1) is 10.2. The highest BCUT2D eigenvalue weighted by molar-refractivity contribution is 5.49. The van der Waals surface area contributed by atoms with Gasteiger partial charge >= 0.3 is 0 Å². The smallest absolute Gasteiger partial charge is 0.0579 e. The molecule has 158 valence electrons. The predicted octanol–water partition coefficient (Wildman–Crippen LogP) is 7.45. The zero-order valence-corrected chi connectivity index (χ0v) is 17.9. The molecule has 1 N–H and O–H groups in total. The van der Waals surface area contributed by atoms with Crippen molar-refractivity contribution in [3.05, 3.63) is 22.8 Å². The molecule has 1 nitrogen and oxygen atoms in total. The van der Waals surface area contributed by atoms with Crippen LogP contribution < -0.4 is 0 Å². The van der Waals surface area contributed by atoms with Crippen LogP contribution in [0.25, 0.3) is 0 Å². The van der Waals surface area contributed by atoms with E-state index in [1.807, 2.05) is 13.8 Å². The third kappa shape index (κ3) is 3.34. The summed E-state index contributed by atoms with van der Waals surface area (Å²) in [4.78, 5) is 0. The van der Waals surface area contributed by atoms with Gasteiger partial charge in [-0.2, -0.15) is 0 Å². The van der Waals surface area contributed by atoms with Crippen LogP contribution in [-0.2, 0) is 0 Å². The van der Waals surface area contributed by atoms with Gasteiger partial charge in [0, 0.05) is 16.4 Å². The number of aliphatic hydroxyl groups excluding tert-OH is 1. The summed E-state index contributed by atoms with van der Waals surface area (Å²) in [6.07, 6.45) is -15.1. The van der Waals surface area contributed by atoms with Crippen LogP contribution in [0.2, 0.25) is 0 Å². The quantitative estimate of drug-likeness (QED) is 0.510. The molecule has 1 heteroatoms. The van der Waals surface area contributed by atoms with Crippen LogP contribution >= 0.6 is 0 Å². The van der Waals surface area contributed by atoms with Crippen molar-refractivity contribution >= 4 is 0 Å². The lowest BCUT2D eigenvalue weighted by Crippen LogP contribution is -2.44. The zero-order valence-electron chi connectivity index (χ0n) is 30.9. The van der Waals surface area contributed by atoms with Crippen molar-refractivity contribution in [2.24, 2.45) is 34.5 Å². The molecule has 4 aliphatic carbocycles. The van der Waals surface area contributed by atoms with Gasteiger partial charge in [-0.15, -0.1) is 0 Å². The molecule has 0 amide bonds. The molecule has 0 radical (unpaired) electrons. The summed E-state index contributed by atoms with van der Waals surface area (Å²) in [7, 11) is 0. The fourth-order valence-electron chi connectivity index (χ4n) is 5.24. The summed E-state index contributed by atoms with van der Waals surface area (Å²) in [6.45, 7) is 8.29. The van der Waals surface area contributed by atoms with E-state index in [0.29, 0.717) is 18.8 Å². The van der Waals surface area contributed by atoms with Gasteiger partial charge in [0.1, 0.15) is 0 Å². The lowest BCUT2D eigenvalue weighted by Gasteiger charge is -2.54. The maximum Gasteiger partial charge on any atom is 0.0579 e. The van der Waals surface area contributed by atoms with Crippen molar-refractivity contribution in [1.29, 1.82) is 0 Å². The monoisotopic (exact) mass is 397 g/mol. The van der Waals surface area contributed by atoms with Gasteiger partial charge in [-0.25, -0.2) is 0 Å². The molecule has 28 heavy (non-hydrogen) atoms. The van der Waals surface area contributed by atoms with Gasteiger partial charge in [-0.3, -0.25) is 0 Å². The third-order valence-electron chi connectivity index (χ3n) is 7.18. The molecule has 0 aromatic rings. The predicted molar refractivity (Wildman–Crippen MR) is 119 cm³/mol. The van der Waals surface area contributed by atoms with Gasteiger partial charge in [0.2, 0.25) is 0 Å². The maximum absolute atomic E-state index is 10.5. The van der Waals surface area contributed by atoms with Crippen LogP contribution in [-0.4, -0.2) is 11.2 Å². The number of hydrogen-bond acceptors (Lipinski definition) is 1. The van der Waals surface area contributed by atoms with Crippen LogP contribution in [0.15, 0.2) is 22.8 Å². The first-order valence-corrected chi connectivity index (χ1v) is 10.9. The van der Waals surface area contributed by atoms with Gasteiger partial charge in [0.25, 0.3) is 0 Å². The Hall–Kier alpha value is -0.560. The molecule has 0 heterocycles. The topological polar surface area (TPSA) is 20.2 Å². The molecular weight excluding hydrogens is 340 g/mol. The van der Waals surface area contributed by atoms with Crippen molar-refractivity contribution < 1.29 is 22.9 Å². The van der Waals surface area contributed by atoms with E-state index in [1.165, 1.54) is 13.8 Å². The SMILES string of the molecule is [2H]C1=C2C3=C(C([2H])([2H])C([2H])([2H])[C@]2(C)[C@@]([2H])([C@H](C)CCCC(C)C)C1([2H])[2H])[C@@]1(C)CC[C@H](O)C[C@]1([2H])C([2H])([2H])C3([2H])[2H]. The normalized spacial score (nSPS) is 62.8. The Morgan fingerprint density at radius 1 is 1.25 bits per heavy atom.